The molecule has 0 N–H and O–H groups in total. The van der Waals surface area contributed by atoms with Gasteiger partial charge in [0, 0.05) is 12.5 Å². The van der Waals surface area contributed by atoms with Crippen molar-refractivity contribution in [3.05, 3.63) is 35.4 Å². The van der Waals surface area contributed by atoms with E-state index in [1.165, 1.54) is 4.90 Å². The number of carbonyl (C=O) groups excluding carboxylic acids is 2. The van der Waals surface area contributed by atoms with Crippen molar-refractivity contribution < 1.29 is 18.4 Å². The van der Waals surface area contributed by atoms with Gasteiger partial charge < -0.3 is 4.90 Å². The van der Waals surface area contributed by atoms with Crippen LogP contribution in [0.15, 0.2) is 18.2 Å². The number of piperidine rings is 1. The molecule has 1 fully saturated rings. The number of benzene rings is 1. The average Bonchev–Trinajstić information content (AvgIpc) is 2.38. The van der Waals surface area contributed by atoms with E-state index >= 15 is 0 Å². The molecule has 0 spiro atoms. The van der Waals surface area contributed by atoms with Gasteiger partial charge in [-0.3, -0.25) is 9.59 Å². The summed E-state index contributed by atoms with van der Waals surface area (Å²) in [6.07, 6.45) is 1.63. The highest BCUT2D eigenvalue weighted by atomic mass is 19.1. The zero-order valence-corrected chi connectivity index (χ0v) is 10.7. The third-order valence-corrected chi connectivity index (χ3v) is 3.36. The molecule has 0 saturated carbocycles. The van der Waals surface area contributed by atoms with E-state index in [-0.39, 0.29) is 23.9 Å². The molecule has 1 aliphatic rings. The Balaban J connectivity index is 2.12. The lowest BCUT2D eigenvalue weighted by Gasteiger charge is -2.30. The lowest BCUT2D eigenvalue weighted by molar-refractivity contribution is -0.137. The zero-order chi connectivity index (χ0) is 14.0. The maximum atomic E-state index is 13.5. The van der Waals surface area contributed by atoms with E-state index in [1.807, 2.05) is 6.92 Å². The zero-order valence-electron chi connectivity index (χ0n) is 10.7. The highest BCUT2D eigenvalue weighted by Gasteiger charge is 2.27. The highest BCUT2D eigenvalue weighted by molar-refractivity contribution is 5.99. The number of carbonyl (C=O) groups is 2. The van der Waals surface area contributed by atoms with Crippen molar-refractivity contribution in [3.8, 4) is 0 Å². The van der Waals surface area contributed by atoms with Gasteiger partial charge in [-0.15, -0.1) is 0 Å². The third-order valence-electron chi connectivity index (χ3n) is 3.36. The van der Waals surface area contributed by atoms with Crippen LogP contribution in [0.2, 0.25) is 0 Å². The number of Topliss-reactive ketones (excluding diaryl/α,β-unsaturated/α-hetero) is 1. The van der Waals surface area contributed by atoms with Crippen molar-refractivity contribution >= 4 is 11.7 Å². The Hall–Kier alpha value is -1.78. The predicted octanol–water partition coefficient (Wildman–Crippen LogP) is 2.41. The van der Waals surface area contributed by atoms with Crippen LogP contribution in [-0.2, 0) is 4.79 Å². The second kappa shape index (κ2) is 5.47. The molecule has 19 heavy (non-hydrogen) atoms. The van der Waals surface area contributed by atoms with Crippen LogP contribution in [0, 0.1) is 17.6 Å². The van der Waals surface area contributed by atoms with Crippen LogP contribution in [0.5, 0.6) is 0 Å². The number of rotatable bonds is 3. The molecule has 2 rings (SSSR count). The largest absolute Gasteiger partial charge is 0.335 e. The first-order valence-electron chi connectivity index (χ1n) is 6.26. The maximum absolute atomic E-state index is 13.5. The Morgan fingerprint density at radius 1 is 1.42 bits per heavy atom. The van der Waals surface area contributed by atoms with Crippen LogP contribution in [0.1, 0.15) is 30.1 Å². The van der Waals surface area contributed by atoms with Gasteiger partial charge in [0.25, 0.3) is 0 Å². The van der Waals surface area contributed by atoms with E-state index in [4.69, 9.17) is 0 Å². The second-order valence-corrected chi connectivity index (χ2v) is 4.85. The minimum atomic E-state index is -0.760. The van der Waals surface area contributed by atoms with Gasteiger partial charge in [0.05, 0.1) is 12.1 Å². The first-order valence-corrected chi connectivity index (χ1v) is 6.26. The fourth-order valence-electron chi connectivity index (χ4n) is 2.26. The van der Waals surface area contributed by atoms with Gasteiger partial charge in [-0.1, -0.05) is 6.92 Å². The van der Waals surface area contributed by atoms with Crippen LogP contribution >= 0.6 is 0 Å². The van der Waals surface area contributed by atoms with Crippen molar-refractivity contribution in [2.45, 2.75) is 19.8 Å². The maximum Gasteiger partial charge on any atom is 0.225 e. The monoisotopic (exact) mass is 267 g/mol. The van der Waals surface area contributed by atoms with Crippen molar-refractivity contribution in [2.75, 3.05) is 13.1 Å². The van der Waals surface area contributed by atoms with Crippen LogP contribution in [0.4, 0.5) is 8.78 Å². The summed E-state index contributed by atoms with van der Waals surface area (Å²) in [5, 5.41) is 0. The molecule has 1 unspecified atom stereocenters. The molecule has 1 aromatic rings. The second-order valence-electron chi connectivity index (χ2n) is 4.85. The smallest absolute Gasteiger partial charge is 0.225 e. The lowest BCUT2D eigenvalue weighted by atomic mass is 9.98. The number of amides is 1. The summed E-state index contributed by atoms with van der Waals surface area (Å²) in [6, 6.07) is 2.75. The molecule has 5 heteroatoms. The number of halogens is 2. The molecular formula is C14H15F2NO2. The first kappa shape index (κ1) is 13.6. The van der Waals surface area contributed by atoms with E-state index in [0.717, 1.165) is 31.0 Å². The number of nitrogens with zero attached hydrogens (tertiary/aromatic N) is 1. The van der Waals surface area contributed by atoms with Crippen LogP contribution in [0.3, 0.4) is 0 Å². The van der Waals surface area contributed by atoms with E-state index in [2.05, 4.69) is 0 Å². The Bertz CT molecular complexity index is 516. The third kappa shape index (κ3) is 2.97. The minimum Gasteiger partial charge on any atom is -0.335 e. The Kier molecular flexibility index (Phi) is 3.93. The SMILES string of the molecule is CC1CCCN(CC(=O)c2cc(F)ccc2F)C1=O. The Morgan fingerprint density at radius 2 is 2.16 bits per heavy atom. The molecular weight excluding hydrogens is 252 g/mol. The molecule has 0 aliphatic carbocycles. The van der Waals surface area contributed by atoms with Crippen molar-refractivity contribution in [3.63, 3.8) is 0 Å². The summed E-state index contributed by atoms with van der Waals surface area (Å²) >= 11 is 0. The predicted molar refractivity (Wildman–Crippen MR) is 65.7 cm³/mol. The summed E-state index contributed by atoms with van der Waals surface area (Å²) in [7, 11) is 0. The molecule has 0 radical (unpaired) electrons. The summed E-state index contributed by atoms with van der Waals surface area (Å²) in [4.78, 5) is 25.2. The van der Waals surface area contributed by atoms with Gasteiger partial charge in [-0.25, -0.2) is 8.78 Å². The number of hydrogen-bond donors (Lipinski definition) is 0. The van der Waals surface area contributed by atoms with Gasteiger partial charge in [-0.2, -0.15) is 0 Å². The highest BCUT2D eigenvalue weighted by Crippen LogP contribution is 2.18. The summed E-state index contributed by atoms with van der Waals surface area (Å²) in [5.74, 6) is -2.21. The van der Waals surface area contributed by atoms with Gasteiger partial charge in [0.1, 0.15) is 11.6 Å². The number of hydrogen-bond acceptors (Lipinski definition) is 2. The van der Waals surface area contributed by atoms with Crippen molar-refractivity contribution in [1.82, 2.24) is 4.90 Å². The minimum absolute atomic E-state index is 0.101. The van der Waals surface area contributed by atoms with Crippen molar-refractivity contribution in [1.29, 1.82) is 0 Å². The Labute approximate surface area is 110 Å². The van der Waals surface area contributed by atoms with E-state index < -0.39 is 17.4 Å². The standard InChI is InChI=1S/C14H15F2NO2/c1-9-3-2-6-17(14(9)19)8-13(18)11-7-10(15)4-5-12(11)16/h4-5,7,9H,2-3,6,8H2,1H3. The molecule has 1 heterocycles. The lowest BCUT2D eigenvalue weighted by Crippen LogP contribution is -2.43. The van der Waals surface area contributed by atoms with Crippen LogP contribution < -0.4 is 0 Å². The fraction of sp³-hybridized carbons (Fsp3) is 0.429. The molecule has 1 saturated heterocycles. The van der Waals surface area contributed by atoms with Crippen molar-refractivity contribution in [2.24, 2.45) is 5.92 Å². The summed E-state index contributed by atoms with van der Waals surface area (Å²) in [6.45, 7) is 2.11. The normalized spacial score (nSPS) is 19.6. The molecule has 1 atom stereocenters. The summed E-state index contributed by atoms with van der Waals surface area (Å²) < 4.78 is 26.5. The van der Waals surface area contributed by atoms with Crippen LogP contribution in [0.25, 0.3) is 0 Å². The summed E-state index contributed by atoms with van der Waals surface area (Å²) in [5.41, 5.74) is -0.300. The van der Waals surface area contributed by atoms with Gasteiger partial charge in [-0.05, 0) is 31.0 Å². The molecule has 102 valence electrons. The molecule has 3 nitrogen and oxygen atoms in total. The number of likely N-dealkylation sites (tertiary alicyclic amines) is 1. The quantitative estimate of drug-likeness (QED) is 0.789. The van der Waals surface area contributed by atoms with E-state index in [9.17, 15) is 18.4 Å². The average molecular weight is 267 g/mol. The molecule has 0 bridgehead atoms. The molecule has 1 amide bonds. The topological polar surface area (TPSA) is 37.4 Å². The first-order chi connectivity index (χ1) is 8.99. The van der Waals surface area contributed by atoms with E-state index in [0.29, 0.717) is 6.54 Å². The fourth-order valence-corrected chi connectivity index (χ4v) is 2.26. The molecule has 1 aliphatic heterocycles. The van der Waals surface area contributed by atoms with Gasteiger partial charge >= 0.3 is 0 Å². The molecule has 1 aromatic carbocycles. The molecule has 0 aromatic heterocycles. The van der Waals surface area contributed by atoms with Gasteiger partial charge in [0.15, 0.2) is 5.78 Å². The van der Waals surface area contributed by atoms with Gasteiger partial charge in [0.2, 0.25) is 5.91 Å². The number of ketones is 1. The van der Waals surface area contributed by atoms with E-state index in [1.54, 1.807) is 0 Å². The van der Waals surface area contributed by atoms with Crippen LogP contribution in [-0.4, -0.2) is 29.7 Å². The Morgan fingerprint density at radius 3 is 2.89 bits per heavy atom.